The Kier molecular flexibility index (Phi) is 3.80. The predicted molar refractivity (Wildman–Crippen MR) is 106 cm³/mol. The Hall–Kier alpha value is -2.73. The number of nitrogens with one attached hydrogen (secondary N) is 1. The van der Waals surface area contributed by atoms with E-state index < -0.39 is 0 Å². The molecule has 0 fully saturated rings. The second-order valence-electron chi connectivity index (χ2n) is 6.58. The molecule has 0 atom stereocenters. The molecular weight excluding hydrogens is 346 g/mol. The van der Waals surface area contributed by atoms with Crippen molar-refractivity contribution in [2.45, 2.75) is 34.1 Å². The highest BCUT2D eigenvalue weighted by molar-refractivity contribution is 7.15. The number of fused-ring (bicyclic) bond motifs is 2. The summed E-state index contributed by atoms with van der Waals surface area (Å²) in [5, 5.41) is 1.07. The summed E-state index contributed by atoms with van der Waals surface area (Å²) in [6.07, 6.45) is 2.44. The molecule has 0 aliphatic rings. The van der Waals surface area contributed by atoms with Crippen molar-refractivity contribution in [3.8, 4) is 0 Å². The Bertz CT molecular complexity index is 1340. The Labute approximate surface area is 153 Å². The van der Waals surface area contributed by atoms with Gasteiger partial charge in [0.25, 0.3) is 11.1 Å². The van der Waals surface area contributed by atoms with Crippen LogP contribution in [-0.2, 0) is 6.42 Å². The van der Waals surface area contributed by atoms with Crippen molar-refractivity contribution >= 4 is 33.3 Å². The largest absolute Gasteiger partial charge is 0.358 e. The Balaban J connectivity index is 2.07. The van der Waals surface area contributed by atoms with Crippen LogP contribution in [0.2, 0.25) is 0 Å². The topological polar surface area (TPSA) is 67.2 Å². The summed E-state index contributed by atoms with van der Waals surface area (Å²) in [7, 11) is 0. The molecule has 5 nitrogen and oxygen atoms in total. The Morgan fingerprint density at radius 1 is 1.19 bits per heavy atom. The fraction of sp³-hybridized carbons (Fsp3) is 0.250. The average Bonchev–Trinajstić information content (AvgIpc) is 3.06. The van der Waals surface area contributed by atoms with Crippen molar-refractivity contribution in [2.24, 2.45) is 0 Å². The molecule has 0 saturated heterocycles. The fourth-order valence-corrected chi connectivity index (χ4v) is 4.41. The smallest absolute Gasteiger partial charge is 0.277 e. The SMILES string of the molecule is CCc1c(C)nc2s/c(=C\c3c(C)[nH]c4ccc(C)cc34)c(=O)n2c1=O. The van der Waals surface area contributed by atoms with Gasteiger partial charge in [0.05, 0.1) is 4.53 Å². The molecule has 3 aromatic heterocycles. The van der Waals surface area contributed by atoms with Crippen molar-refractivity contribution in [1.29, 1.82) is 0 Å². The molecule has 6 heteroatoms. The normalized spacial score (nSPS) is 12.5. The van der Waals surface area contributed by atoms with E-state index in [1.807, 2.05) is 39.8 Å². The highest BCUT2D eigenvalue weighted by atomic mass is 32.1. The van der Waals surface area contributed by atoms with Crippen LogP contribution in [0.15, 0.2) is 27.8 Å². The van der Waals surface area contributed by atoms with Crippen LogP contribution in [0.25, 0.3) is 21.9 Å². The van der Waals surface area contributed by atoms with Crippen LogP contribution in [0.4, 0.5) is 0 Å². The molecule has 132 valence electrons. The first-order valence-electron chi connectivity index (χ1n) is 8.56. The number of aromatic amines is 1. The molecule has 1 aromatic carbocycles. The van der Waals surface area contributed by atoms with Crippen LogP contribution in [0.1, 0.15) is 35.0 Å². The molecule has 4 rings (SSSR count). The summed E-state index contributed by atoms with van der Waals surface area (Å²) in [5.74, 6) is 0. The van der Waals surface area contributed by atoms with E-state index in [0.717, 1.165) is 27.7 Å². The van der Waals surface area contributed by atoms with E-state index in [1.165, 1.54) is 15.7 Å². The highest BCUT2D eigenvalue weighted by Crippen LogP contribution is 2.23. The summed E-state index contributed by atoms with van der Waals surface area (Å²) in [4.78, 5) is 33.8. The zero-order chi connectivity index (χ0) is 18.6. The molecule has 4 aromatic rings. The van der Waals surface area contributed by atoms with Gasteiger partial charge in [-0.25, -0.2) is 9.38 Å². The summed E-state index contributed by atoms with van der Waals surface area (Å²) < 4.78 is 1.73. The molecule has 0 aliphatic carbocycles. The van der Waals surface area contributed by atoms with Gasteiger partial charge < -0.3 is 4.98 Å². The summed E-state index contributed by atoms with van der Waals surface area (Å²) in [5.41, 5.74) is 4.92. The van der Waals surface area contributed by atoms with Gasteiger partial charge in [-0.3, -0.25) is 9.59 Å². The van der Waals surface area contributed by atoms with Gasteiger partial charge in [-0.05, 0) is 45.4 Å². The fourth-order valence-electron chi connectivity index (χ4n) is 3.41. The third kappa shape index (κ3) is 2.41. The summed E-state index contributed by atoms with van der Waals surface area (Å²) in [6.45, 7) is 7.75. The van der Waals surface area contributed by atoms with Gasteiger partial charge in [0.2, 0.25) is 4.96 Å². The lowest BCUT2D eigenvalue weighted by molar-refractivity contribution is 0.930. The summed E-state index contributed by atoms with van der Waals surface area (Å²) in [6, 6.07) is 6.20. The first-order valence-corrected chi connectivity index (χ1v) is 9.38. The number of aryl methyl sites for hydroxylation is 3. The lowest BCUT2D eigenvalue weighted by Crippen LogP contribution is -2.33. The summed E-state index contributed by atoms with van der Waals surface area (Å²) >= 11 is 1.26. The van der Waals surface area contributed by atoms with Gasteiger partial charge in [-0.2, -0.15) is 0 Å². The van der Waals surface area contributed by atoms with Crippen molar-refractivity contribution in [1.82, 2.24) is 14.4 Å². The maximum Gasteiger partial charge on any atom is 0.277 e. The molecule has 0 saturated carbocycles. The number of benzene rings is 1. The monoisotopic (exact) mass is 365 g/mol. The second-order valence-corrected chi connectivity index (χ2v) is 7.59. The molecule has 0 bridgehead atoms. The van der Waals surface area contributed by atoms with Crippen LogP contribution in [0.3, 0.4) is 0 Å². The molecule has 26 heavy (non-hydrogen) atoms. The lowest BCUT2D eigenvalue weighted by Gasteiger charge is -2.00. The second kappa shape index (κ2) is 5.92. The van der Waals surface area contributed by atoms with Crippen LogP contribution < -0.4 is 15.7 Å². The standard InChI is InChI=1S/C20H19N3O2S/c1-5-13-11(3)22-20-23(18(13)24)19(25)17(26-20)9-14-12(4)21-16-7-6-10(2)8-15(14)16/h6-9,21H,5H2,1-4H3/b17-9-. The van der Waals surface area contributed by atoms with Crippen molar-refractivity contribution in [3.05, 3.63) is 71.5 Å². The van der Waals surface area contributed by atoms with E-state index >= 15 is 0 Å². The minimum absolute atomic E-state index is 0.248. The molecule has 1 N–H and O–H groups in total. The van der Waals surface area contributed by atoms with E-state index in [4.69, 9.17) is 0 Å². The number of nitrogens with zero attached hydrogens (tertiary/aromatic N) is 2. The zero-order valence-electron chi connectivity index (χ0n) is 15.1. The average molecular weight is 365 g/mol. The predicted octanol–water partition coefficient (Wildman–Crippen LogP) is 2.63. The number of aromatic nitrogens is 3. The molecular formula is C20H19N3O2S. The molecule has 3 heterocycles. The van der Waals surface area contributed by atoms with Gasteiger partial charge in [-0.15, -0.1) is 0 Å². The quantitative estimate of drug-likeness (QED) is 0.594. The number of thiazole rings is 1. The van der Waals surface area contributed by atoms with Crippen LogP contribution in [-0.4, -0.2) is 14.4 Å². The highest BCUT2D eigenvalue weighted by Gasteiger charge is 2.14. The van der Waals surface area contributed by atoms with Crippen LogP contribution in [0, 0.1) is 20.8 Å². The molecule has 0 spiro atoms. The maximum absolute atomic E-state index is 12.9. The lowest BCUT2D eigenvalue weighted by atomic mass is 10.1. The van der Waals surface area contributed by atoms with Gasteiger partial charge in [0.15, 0.2) is 0 Å². The van der Waals surface area contributed by atoms with Gasteiger partial charge >= 0.3 is 0 Å². The Morgan fingerprint density at radius 2 is 1.96 bits per heavy atom. The minimum Gasteiger partial charge on any atom is -0.358 e. The first kappa shape index (κ1) is 16.7. The van der Waals surface area contributed by atoms with Crippen molar-refractivity contribution < 1.29 is 0 Å². The molecule has 0 aliphatic heterocycles. The van der Waals surface area contributed by atoms with E-state index in [1.54, 1.807) is 0 Å². The third-order valence-electron chi connectivity index (χ3n) is 4.79. The van der Waals surface area contributed by atoms with Crippen molar-refractivity contribution in [2.75, 3.05) is 0 Å². The zero-order valence-corrected chi connectivity index (χ0v) is 16.0. The number of hydrogen-bond donors (Lipinski definition) is 1. The van der Waals surface area contributed by atoms with Crippen LogP contribution in [0.5, 0.6) is 0 Å². The number of rotatable bonds is 2. The molecule has 0 amide bonds. The van der Waals surface area contributed by atoms with Crippen LogP contribution >= 0.6 is 11.3 Å². The van der Waals surface area contributed by atoms with E-state index in [2.05, 4.69) is 22.1 Å². The minimum atomic E-state index is -0.293. The first-order chi connectivity index (χ1) is 12.4. The van der Waals surface area contributed by atoms with E-state index in [9.17, 15) is 9.59 Å². The number of hydrogen-bond acceptors (Lipinski definition) is 4. The van der Waals surface area contributed by atoms with E-state index in [-0.39, 0.29) is 11.1 Å². The maximum atomic E-state index is 12.9. The third-order valence-corrected chi connectivity index (χ3v) is 5.76. The van der Waals surface area contributed by atoms with Crippen molar-refractivity contribution in [3.63, 3.8) is 0 Å². The van der Waals surface area contributed by atoms with Gasteiger partial charge in [0.1, 0.15) is 0 Å². The van der Waals surface area contributed by atoms with Gasteiger partial charge in [-0.1, -0.05) is 29.9 Å². The number of H-pyrrole nitrogens is 1. The van der Waals surface area contributed by atoms with Gasteiger partial charge in [0, 0.05) is 33.4 Å². The molecule has 0 unspecified atom stereocenters. The Morgan fingerprint density at radius 3 is 2.69 bits per heavy atom. The molecule has 0 radical (unpaired) electrons. The van der Waals surface area contributed by atoms with E-state index in [0.29, 0.717) is 27.2 Å².